The summed E-state index contributed by atoms with van der Waals surface area (Å²) in [5.41, 5.74) is 2.10. The van der Waals surface area contributed by atoms with E-state index in [1.165, 1.54) is 5.56 Å². The number of nitrogens with one attached hydrogen (secondary N) is 1. The minimum absolute atomic E-state index is 0.0862. The van der Waals surface area contributed by atoms with Crippen LogP contribution in [0, 0.1) is 5.92 Å². The van der Waals surface area contributed by atoms with E-state index in [2.05, 4.69) is 17.4 Å². The molecule has 0 radical (unpaired) electrons. The van der Waals surface area contributed by atoms with Gasteiger partial charge in [-0.1, -0.05) is 29.8 Å². The summed E-state index contributed by atoms with van der Waals surface area (Å²) in [6.45, 7) is 0. The van der Waals surface area contributed by atoms with Crippen LogP contribution >= 0.6 is 11.6 Å². The second kappa shape index (κ2) is 8.39. The van der Waals surface area contributed by atoms with Crippen LogP contribution < -0.4 is 10.1 Å². The number of benzene rings is 2. The van der Waals surface area contributed by atoms with E-state index in [4.69, 9.17) is 16.3 Å². The molecule has 0 saturated heterocycles. The lowest BCUT2D eigenvalue weighted by molar-refractivity contribution is -0.117. The average molecular weight is 358 g/mol. The molecule has 1 aliphatic carbocycles. The summed E-state index contributed by atoms with van der Waals surface area (Å²) in [4.78, 5) is 12.3. The standard InChI is InChI=1S/C21H24ClNO2/c1-25-20-5-3-2-4-19(20)16-8-6-15(7-9-16)14-21(24)23-18-12-10-17(22)11-13-18/h2-5,10-13,15-16H,6-9,14H2,1H3,(H,23,24). The number of ether oxygens (including phenoxy) is 1. The smallest absolute Gasteiger partial charge is 0.224 e. The number of rotatable bonds is 5. The van der Waals surface area contributed by atoms with Crippen molar-refractivity contribution in [1.29, 1.82) is 0 Å². The summed E-state index contributed by atoms with van der Waals surface area (Å²) >= 11 is 5.87. The van der Waals surface area contributed by atoms with Crippen molar-refractivity contribution in [2.75, 3.05) is 12.4 Å². The fraction of sp³-hybridized carbons (Fsp3) is 0.381. The molecule has 3 nitrogen and oxygen atoms in total. The van der Waals surface area contributed by atoms with Gasteiger partial charge in [-0.15, -0.1) is 0 Å². The van der Waals surface area contributed by atoms with Gasteiger partial charge in [-0.3, -0.25) is 4.79 Å². The summed E-state index contributed by atoms with van der Waals surface area (Å²) < 4.78 is 5.49. The summed E-state index contributed by atoms with van der Waals surface area (Å²) in [6.07, 6.45) is 4.97. The monoisotopic (exact) mass is 357 g/mol. The first-order valence-corrected chi connectivity index (χ1v) is 9.22. The Bertz CT molecular complexity index is 706. The number of anilines is 1. The Morgan fingerprint density at radius 2 is 1.76 bits per heavy atom. The fourth-order valence-corrected chi connectivity index (χ4v) is 3.81. The Hall–Kier alpha value is -2.00. The van der Waals surface area contributed by atoms with E-state index in [-0.39, 0.29) is 5.91 Å². The fourth-order valence-electron chi connectivity index (χ4n) is 3.69. The van der Waals surface area contributed by atoms with Crippen molar-refractivity contribution in [3.8, 4) is 5.75 Å². The molecular weight excluding hydrogens is 334 g/mol. The summed E-state index contributed by atoms with van der Waals surface area (Å²) in [7, 11) is 1.73. The first kappa shape index (κ1) is 17.8. The average Bonchev–Trinajstić information content (AvgIpc) is 2.64. The Balaban J connectivity index is 1.50. The first-order chi connectivity index (χ1) is 12.2. The number of methoxy groups -OCH3 is 1. The van der Waals surface area contributed by atoms with Gasteiger partial charge in [0, 0.05) is 17.1 Å². The molecule has 1 N–H and O–H groups in total. The van der Waals surface area contributed by atoms with Crippen molar-refractivity contribution in [3.05, 3.63) is 59.1 Å². The highest BCUT2D eigenvalue weighted by Gasteiger charge is 2.25. The number of para-hydroxylation sites is 1. The number of amides is 1. The topological polar surface area (TPSA) is 38.3 Å². The number of carbonyl (C=O) groups excluding carboxylic acids is 1. The van der Waals surface area contributed by atoms with Crippen LogP contribution in [0.2, 0.25) is 5.02 Å². The zero-order valence-electron chi connectivity index (χ0n) is 14.5. The Labute approximate surface area is 154 Å². The number of carbonyl (C=O) groups is 1. The van der Waals surface area contributed by atoms with Crippen LogP contribution in [0.15, 0.2) is 48.5 Å². The number of halogens is 1. The maximum absolute atomic E-state index is 12.3. The van der Waals surface area contributed by atoms with E-state index in [0.717, 1.165) is 37.1 Å². The Kier molecular flexibility index (Phi) is 5.98. The van der Waals surface area contributed by atoms with Gasteiger partial charge in [0.1, 0.15) is 5.75 Å². The molecule has 0 atom stereocenters. The van der Waals surface area contributed by atoms with E-state index in [9.17, 15) is 4.79 Å². The highest BCUT2D eigenvalue weighted by molar-refractivity contribution is 6.30. The predicted molar refractivity (Wildman–Crippen MR) is 102 cm³/mol. The molecule has 0 heterocycles. The maximum atomic E-state index is 12.3. The molecule has 2 aromatic rings. The highest BCUT2D eigenvalue weighted by Crippen LogP contribution is 2.40. The van der Waals surface area contributed by atoms with Crippen LogP contribution in [0.3, 0.4) is 0 Å². The van der Waals surface area contributed by atoms with Gasteiger partial charge in [-0.25, -0.2) is 0 Å². The largest absolute Gasteiger partial charge is 0.496 e. The van der Waals surface area contributed by atoms with Crippen LogP contribution in [-0.2, 0) is 4.79 Å². The Morgan fingerprint density at radius 1 is 1.08 bits per heavy atom. The van der Waals surface area contributed by atoms with E-state index < -0.39 is 0 Å². The number of hydrogen-bond donors (Lipinski definition) is 1. The SMILES string of the molecule is COc1ccccc1C1CCC(CC(=O)Nc2ccc(Cl)cc2)CC1. The van der Waals surface area contributed by atoms with Crippen molar-refractivity contribution < 1.29 is 9.53 Å². The Morgan fingerprint density at radius 3 is 2.44 bits per heavy atom. The van der Waals surface area contributed by atoms with E-state index in [1.807, 2.05) is 24.3 Å². The van der Waals surface area contributed by atoms with Gasteiger partial charge in [0.05, 0.1) is 7.11 Å². The van der Waals surface area contributed by atoms with Gasteiger partial charge >= 0.3 is 0 Å². The second-order valence-corrected chi connectivity index (χ2v) is 7.16. The summed E-state index contributed by atoms with van der Waals surface area (Å²) in [5, 5.41) is 3.63. The third-order valence-corrected chi connectivity index (χ3v) is 5.28. The molecule has 4 heteroatoms. The molecule has 1 aliphatic rings. The van der Waals surface area contributed by atoms with Gasteiger partial charge in [0.15, 0.2) is 0 Å². The van der Waals surface area contributed by atoms with Crippen LogP contribution in [0.1, 0.15) is 43.6 Å². The van der Waals surface area contributed by atoms with Crippen LogP contribution in [-0.4, -0.2) is 13.0 Å². The number of hydrogen-bond acceptors (Lipinski definition) is 2. The molecule has 0 bridgehead atoms. The lowest BCUT2D eigenvalue weighted by Crippen LogP contribution is -2.20. The van der Waals surface area contributed by atoms with Crippen LogP contribution in [0.25, 0.3) is 0 Å². The molecule has 3 rings (SSSR count). The van der Waals surface area contributed by atoms with Crippen molar-refractivity contribution in [2.24, 2.45) is 5.92 Å². The van der Waals surface area contributed by atoms with Crippen molar-refractivity contribution >= 4 is 23.2 Å². The molecule has 1 saturated carbocycles. The van der Waals surface area contributed by atoms with E-state index >= 15 is 0 Å². The maximum Gasteiger partial charge on any atom is 0.224 e. The molecule has 0 aromatic heterocycles. The first-order valence-electron chi connectivity index (χ1n) is 8.84. The molecule has 0 aliphatic heterocycles. The zero-order chi connectivity index (χ0) is 17.6. The molecule has 1 fully saturated rings. The minimum atomic E-state index is 0.0862. The van der Waals surface area contributed by atoms with Crippen LogP contribution in [0.4, 0.5) is 5.69 Å². The third-order valence-electron chi connectivity index (χ3n) is 5.03. The molecule has 25 heavy (non-hydrogen) atoms. The molecule has 0 spiro atoms. The van der Waals surface area contributed by atoms with E-state index in [0.29, 0.717) is 23.3 Å². The van der Waals surface area contributed by atoms with Crippen molar-refractivity contribution in [1.82, 2.24) is 0 Å². The minimum Gasteiger partial charge on any atom is -0.496 e. The summed E-state index contributed by atoms with van der Waals surface area (Å²) in [6, 6.07) is 15.5. The quantitative estimate of drug-likeness (QED) is 0.750. The molecular formula is C21H24ClNO2. The normalized spacial score (nSPS) is 20.1. The lowest BCUT2D eigenvalue weighted by atomic mass is 9.77. The molecule has 1 amide bonds. The van der Waals surface area contributed by atoms with Crippen molar-refractivity contribution in [3.63, 3.8) is 0 Å². The zero-order valence-corrected chi connectivity index (χ0v) is 15.3. The van der Waals surface area contributed by atoms with Gasteiger partial charge in [-0.2, -0.15) is 0 Å². The predicted octanol–water partition coefficient (Wildman–Crippen LogP) is 5.65. The molecule has 132 valence electrons. The lowest BCUT2D eigenvalue weighted by Gasteiger charge is -2.29. The second-order valence-electron chi connectivity index (χ2n) is 6.72. The molecule has 2 aromatic carbocycles. The van der Waals surface area contributed by atoms with Gasteiger partial charge < -0.3 is 10.1 Å². The molecule has 0 unspecified atom stereocenters. The van der Waals surface area contributed by atoms with Gasteiger partial charge in [-0.05, 0) is 73.4 Å². The third kappa shape index (κ3) is 4.76. The van der Waals surface area contributed by atoms with E-state index in [1.54, 1.807) is 19.2 Å². The van der Waals surface area contributed by atoms with Gasteiger partial charge in [0.2, 0.25) is 5.91 Å². The van der Waals surface area contributed by atoms with Crippen LogP contribution in [0.5, 0.6) is 5.75 Å². The van der Waals surface area contributed by atoms with Crippen molar-refractivity contribution in [2.45, 2.75) is 38.0 Å². The summed E-state index contributed by atoms with van der Waals surface area (Å²) in [5.74, 6) is 2.06. The van der Waals surface area contributed by atoms with Gasteiger partial charge in [0.25, 0.3) is 0 Å². The highest BCUT2D eigenvalue weighted by atomic mass is 35.5.